The lowest BCUT2D eigenvalue weighted by atomic mass is 9.87. The van der Waals surface area contributed by atoms with Crippen LogP contribution in [0.2, 0.25) is 0 Å². The molecule has 0 saturated carbocycles. The van der Waals surface area contributed by atoms with Crippen molar-refractivity contribution in [3.63, 3.8) is 0 Å². The van der Waals surface area contributed by atoms with Crippen molar-refractivity contribution in [2.75, 3.05) is 49.8 Å². The number of carbonyl (C=O) groups excluding carboxylic acids is 1. The highest BCUT2D eigenvalue weighted by Crippen LogP contribution is 2.30. The van der Waals surface area contributed by atoms with Gasteiger partial charge in [-0.05, 0) is 32.4 Å². The number of nitrogens with one attached hydrogen (secondary N) is 2. The van der Waals surface area contributed by atoms with Crippen molar-refractivity contribution in [1.29, 1.82) is 0 Å². The maximum atomic E-state index is 12.6. The van der Waals surface area contributed by atoms with E-state index in [2.05, 4.69) is 15.9 Å². The lowest BCUT2D eigenvalue weighted by Crippen LogP contribution is -2.62. The van der Waals surface area contributed by atoms with Crippen LogP contribution in [0, 0.1) is 0 Å². The highest BCUT2D eigenvalue weighted by Gasteiger charge is 2.28. The summed E-state index contributed by atoms with van der Waals surface area (Å²) in [5, 5.41) is 31.9. The summed E-state index contributed by atoms with van der Waals surface area (Å²) >= 11 is 0. The zero-order valence-corrected chi connectivity index (χ0v) is 21.0. The summed E-state index contributed by atoms with van der Waals surface area (Å²) < 4.78 is 22.3. The number of ether oxygens (including phenoxy) is 3. The molecule has 1 saturated heterocycles. The maximum Gasteiger partial charge on any atom is 0.414 e. The van der Waals surface area contributed by atoms with Crippen molar-refractivity contribution in [3.8, 4) is 5.75 Å². The first-order valence-electron chi connectivity index (χ1n) is 12.2. The average molecular weight is 507 g/mol. The molecule has 2 heterocycles. The van der Waals surface area contributed by atoms with Gasteiger partial charge in [0.25, 0.3) is 6.20 Å². The summed E-state index contributed by atoms with van der Waals surface area (Å²) in [7, 11) is 0. The third-order valence-electron chi connectivity index (χ3n) is 6.03. The zero-order valence-electron chi connectivity index (χ0n) is 21.0. The van der Waals surface area contributed by atoms with Crippen LogP contribution in [0.1, 0.15) is 31.9 Å². The van der Waals surface area contributed by atoms with Crippen LogP contribution < -0.4 is 25.2 Å². The fourth-order valence-corrected chi connectivity index (χ4v) is 4.08. The smallest absolute Gasteiger partial charge is 0.414 e. The minimum absolute atomic E-state index is 0.0930. The standard InChI is InChI=1S/C24H35N5O7/c1-24(2,3)25-13-17(15-34-21-6-4-5-16-11-19(30)20(31)12-18(16)21)35-23(32)26-22-14-29(27-36-22)28-7-9-33-10-8-28/h4-6,14,17,19-20,25,30-31H,7-13,15H2,1-3H3/p+1/t17?,19-,20+/m1/s1. The molecule has 4 N–H and O–H groups in total. The van der Waals surface area contributed by atoms with Crippen LogP contribution in [-0.2, 0) is 22.3 Å². The number of aliphatic hydroxyl groups excluding tert-OH is 2. The van der Waals surface area contributed by atoms with Gasteiger partial charge in [-0.15, -0.1) is 5.01 Å². The molecule has 3 atom stereocenters. The number of anilines is 1. The number of carbonyl (C=O) groups is 1. The monoisotopic (exact) mass is 506 g/mol. The maximum absolute atomic E-state index is 12.6. The van der Waals surface area contributed by atoms with E-state index in [-0.39, 0.29) is 18.0 Å². The second-order valence-corrected chi connectivity index (χ2v) is 10.1. The van der Waals surface area contributed by atoms with Crippen molar-refractivity contribution in [3.05, 3.63) is 35.5 Å². The Morgan fingerprint density at radius 2 is 2.00 bits per heavy atom. The van der Waals surface area contributed by atoms with Crippen molar-refractivity contribution in [2.24, 2.45) is 0 Å². The Kier molecular flexibility index (Phi) is 8.29. The highest BCUT2D eigenvalue weighted by atomic mass is 16.6. The van der Waals surface area contributed by atoms with Gasteiger partial charge >= 0.3 is 12.0 Å². The summed E-state index contributed by atoms with van der Waals surface area (Å²) in [6.45, 7) is 9.02. The van der Waals surface area contributed by atoms with Crippen LogP contribution in [0.5, 0.6) is 5.75 Å². The molecular formula is C24H36N5O7+. The third kappa shape index (κ3) is 7.06. The van der Waals surface area contributed by atoms with E-state index in [0.717, 1.165) is 11.1 Å². The first kappa shape index (κ1) is 26.1. The Labute approximate surface area is 210 Å². The first-order valence-corrected chi connectivity index (χ1v) is 12.2. The number of benzene rings is 1. The van der Waals surface area contributed by atoms with Gasteiger partial charge in [0.1, 0.15) is 18.5 Å². The van der Waals surface area contributed by atoms with Gasteiger partial charge in [0.15, 0.2) is 0 Å². The molecule has 12 nitrogen and oxygen atoms in total. The first-order chi connectivity index (χ1) is 17.2. The van der Waals surface area contributed by atoms with Crippen LogP contribution in [-0.4, -0.2) is 84.9 Å². The summed E-state index contributed by atoms with van der Waals surface area (Å²) in [4.78, 5) is 14.2. The van der Waals surface area contributed by atoms with E-state index >= 15 is 0 Å². The largest absolute Gasteiger partial charge is 0.489 e. The van der Waals surface area contributed by atoms with Crippen LogP contribution in [0.3, 0.4) is 0 Å². The zero-order chi connectivity index (χ0) is 25.7. The van der Waals surface area contributed by atoms with Gasteiger partial charge in [-0.3, -0.25) is 9.84 Å². The van der Waals surface area contributed by atoms with Gasteiger partial charge < -0.3 is 29.7 Å². The molecule has 36 heavy (non-hydrogen) atoms. The van der Waals surface area contributed by atoms with E-state index in [1.165, 1.54) is 4.79 Å². The van der Waals surface area contributed by atoms with Crippen LogP contribution in [0.15, 0.2) is 28.9 Å². The van der Waals surface area contributed by atoms with E-state index in [1.807, 2.05) is 44.0 Å². The summed E-state index contributed by atoms with van der Waals surface area (Å²) in [5.74, 6) is 0.754. The predicted octanol–water partition coefficient (Wildman–Crippen LogP) is 0.135. The Morgan fingerprint density at radius 1 is 1.25 bits per heavy atom. The number of nitrogens with zero attached hydrogens (tertiary/aromatic N) is 3. The van der Waals surface area contributed by atoms with E-state index < -0.39 is 24.4 Å². The fourth-order valence-electron chi connectivity index (χ4n) is 4.08. The molecule has 1 aliphatic heterocycles. The van der Waals surface area contributed by atoms with E-state index in [1.54, 1.807) is 6.20 Å². The van der Waals surface area contributed by atoms with Gasteiger partial charge in [0.05, 0.1) is 43.3 Å². The number of aliphatic hydroxyl groups is 2. The second-order valence-electron chi connectivity index (χ2n) is 10.1. The normalized spacial score (nSPS) is 21.0. The minimum atomic E-state index is -0.843. The Hall–Kier alpha value is -2.93. The lowest BCUT2D eigenvalue weighted by Gasteiger charge is -2.28. The van der Waals surface area contributed by atoms with Crippen molar-refractivity contribution in [2.45, 2.75) is 57.5 Å². The highest BCUT2D eigenvalue weighted by molar-refractivity contribution is 5.82. The van der Waals surface area contributed by atoms with Crippen molar-refractivity contribution < 1.29 is 38.5 Å². The van der Waals surface area contributed by atoms with E-state index in [0.29, 0.717) is 51.4 Å². The number of amides is 1. The quantitative estimate of drug-likeness (QED) is 0.365. The molecule has 1 fully saturated rings. The molecule has 1 aliphatic carbocycles. The van der Waals surface area contributed by atoms with Gasteiger partial charge in [0.2, 0.25) is 5.27 Å². The molecule has 2 aliphatic rings. The van der Waals surface area contributed by atoms with Crippen molar-refractivity contribution >= 4 is 12.0 Å². The summed E-state index contributed by atoms with van der Waals surface area (Å²) in [5.41, 5.74) is 1.60. The molecular weight excluding hydrogens is 470 g/mol. The molecule has 1 amide bonds. The molecule has 1 aromatic heterocycles. The number of hydrogen-bond donors (Lipinski definition) is 4. The third-order valence-corrected chi connectivity index (χ3v) is 6.03. The number of hydrogen-bond acceptors (Lipinski definition) is 10. The molecule has 0 bridgehead atoms. The second kappa shape index (κ2) is 11.4. The lowest BCUT2D eigenvalue weighted by molar-refractivity contribution is -0.759. The van der Waals surface area contributed by atoms with E-state index in [4.69, 9.17) is 18.7 Å². The molecule has 4 rings (SSSR count). The Bertz CT molecular complexity index is 1020. The predicted molar refractivity (Wildman–Crippen MR) is 128 cm³/mol. The summed E-state index contributed by atoms with van der Waals surface area (Å²) in [6, 6.07) is 5.58. The number of morpholine rings is 1. The average Bonchev–Trinajstić information content (AvgIpc) is 3.30. The van der Waals surface area contributed by atoms with Crippen molar-refractivity contribution in [1.82, 2.24) is 10.6 Å². The molecule has 198 valence electrons. The van der Waals surface area contributed by atoms with Gasteiger partial charge in [-0.25, -0.2) is 4.79 Å². The van der Waals surface area contributed by atoms with E-state index in [9.17, 15) is 15.0 Å². The Morgan fingerprint density at radius 3 is 2.75 bits per heavy atom. The Balaban J connectivity index is 1.38. The minimum Gasteiger partial charge on any atom is -0.489 e. The SMILES string of the molecule is CC(C)(C)NCC(COc1cccc2c1C[C@H](O)[C@H](O)C2)OC(=O)Nc1c[n+](N2CCOCC2)no1. The summed E-state index contributed by atoms with van der Waals surface area (Å²) in [6.07, 6.45) is -0.712. The topological polar surface area (TPSA) is 142 Å². The number of fused-ring (bicyclic) bond motifs is 1. The molecule has 2 aromatic rings. The van der Waals surface area contributed by atoms with Crippen LogP contribution in [0.4, 0.5) is 10.7 Å². The number of aromatic nitrogens is 2. The van der Waals surface area contributed by atoms with Gasteiger partial charge in [0, 0.05) is 30.5 Å². The van der Waals surface area contributed by atoms with Crippen LogP contribution in [0.25, 0.3) is 0 Å². The van der Waals surface area contributed by atoms with Gasteiger partial charge in [-0.1, -0.05) is 12.1 Å². The molecule has 1 aromatic carbocycles. The molecule has 0 spiro atoms. The molecule has 0 radical (unpaired) electrons. The molecule has 12 heteroatoms. The van der Waals surface area contributed by atoms with Crippen LogP contribution >= 0.6 is 0 Å². The van der Waals surface area contributed by atoms with Gasteiger partial charge in [-0.2, -0.15) is 0 Å². The fraction of sp³-hybridized carbons (Fsp3) is 0.625. The number of rotatable bonds is 8. The molecule has 1 unspecified atom stereocenters.